The Morgan fingerprint density at radius 1 is 0.875 bits per heavy atom. The molecule has 0 saturated heterocycles. The molecule has 8 heteroatoms. The molecular formula is C32H36N2O5S. The molecule has 1 atom stereocenters. The molecule has 4 rings (SSSR count). The SMILES string of the molecule is COc1ccc(S(=O)(=O)N(CC(=O)NCC(C)Cc2cccc3ccccc23)c2cc(C)cc(C)c2)cc1OC. The maximum atomic E-state index is 13.9. The van der Waals surface area contributed by atoms with Crippen LogP contribution in [0, 0.1) is 19.8 Å². The van der Waals surface area contributed by atoms with Gasteiger partial charge in [0.05, 0.1) is 24.8 Å². The fourth-order valence-electron chi connectivity index (χ4n) is 4.91. The van der Waals surface area contributed by atoms with Crippen molar-refractivity contribution >= 4 is 32.4 Å². The number of aryl methyl sites for hydroxylation is 2. The monoisotopic (exact) mass is 560 g/mol. The molecule has 0 bridgehead atoms. The van der Waals surface area contributed by atoms with Crippen molar-refractivity contribution in [3.8, 4) is 11.5 Å². The lowest BCUT2D eigenvalue weighted by Gasteiger charge is -2.25. The van der Waals surface area contributed by atoms with Crippen LogP contribution in [0.1, 0.15) is 23.6 Å². The molecule has 0 aliphatic carbocycles. The molecule has 0 radical (unpaired) electrons. The zero-order valence-corrected chi connectivity index (χ0v) is 24.4. The van der Waals surface area contributed by atoms with Gasteiger partial charge in [-0.15, -0.1) is 0 Å². The largest absolute Gasteiger partial charge is 0.493 e. The number of ether oxygens (including phenoxy) is 2. The van der Waals surface area contributed by atoms with Crippen LogP contribution in [0.5, 0.6) is 11.5 Å². The van der Waals surface area contributed by atoms with Gasteiger partial charge in [0.2, 0.25) is 5.91 Å². The van der Waals surface area contributed by atoms with Crippen LogP contribution in [0.25, 0.3) is 10.8 Å². The van der Waals surface area contributed by atoms with Crippen molar-refractivity contribution in [2.45, 2.75) is 32.1 Å². The maximum Gasteiger partial charge on any atom is 0.264 e. The molecule has 210 valence electrons. The minimum Gasteiger partial charge on any atom is -0.493 e. The second-order valence-electron chi connectivity index (χ2n) is 10.1. The summed E-state index contributed by atoms with van der Waals surface area (Å²) in [6, 6.07) is 24.4. The Morgan fingerprint density at radius 3 is 2.25 bits per heavy atom. The van der Waals surface area contributed by atoms with E-state index in [1.807, 2.05) is 38.1 Å². The van der Waals surface area contributed by atoms with E-state index in [-0.39, 0.29) is 29.0 Å². The van der Waals surface area contributed by atoms with E-state index in [2.05, 4.69) is 36.5 Å². The highest BCUT2D eigenvalue weighted by atomic mass is 32.2. The van der Waals surface area contributed by atoms with Crippen LogP contribution in [-0.2, 0) is 21.2 Å². The molecular weight excluding hydrogens is 524 g/mol. The van der Waals surface area contributed by atoms with Crippen LogP contribution in [0.4, 0.5) is 5.69 Å². The summed E-state index contributed by atoms with van der Waals surface area (Å²) in [4.78, 5) is 13.2. The van der Waals surface area contributed by atoms with E-state index in [0.717, 1.165) is 21.9 Å². The van der Waals surface area contributed by atoms with Crippen molar-refractivity contribution in [1.29, 1.82) is 0 Å². The molecule has 0 heterocycles. The van der Waals surface area contributed by atoms with Crippen molar-refractivity contribution < 1.29 is 22.7 Å². The predicted molar refractivity (Wildman–Crippen MR) is 160 cm³/mol. The summed E-state index contributed by atoms with van der Waals surface area (Å²) >= 11 is 0. The summed E-state index contributed by atoms with van der Waals surface area (Å²) in [6.45, 7) is 5.92. The van der Waals surface area contributed by atoms with Gasteiger partial charge in [0, 0.05) is 12.6 Å². The van der Waals surface area contributed by atoms with Gasteiger partial charge in [0.15, 0.2) is 11.5 Å². The van der Waals surface area contributed by atoms with E-state index in [4.69, 9.17) is 9.47 Å². The average Bonchev–Trinajstić information content (AvgIpc) is 2.94. The molecule has 0 aliphatic rings. The van der Waals surface area contributed by atoms with Gasteiger partial charge in [-0.3, -0.25) is 9.10 Å². The Hall–Kier alpha value is -4.04. The van der Waals surface area contributed by atoms with Crippen LogP contribution in [0.3, 0.4) is 0 Å². The van der Waals surface area contributed by atoms with Crippen LogP contribution in [0.15, 0.2) is 83.8 Å². The fraction of sp³-hybridized carbons (Fsp3) is 0.281. The molecule has 0 saturated carbocycles. The number of rotatable bonds is 11. The van der Waals surface area contributed by atoms with Crippen LogP contribution in [-0.4, -0.2) is 41.6 Å². The fourth-order valence-corrected chi connectivity index (χ4v) is 6.33. The summed E-state index contributed by atoms with van der Waals surface area (Å²) in [5.41, 5.74) is 3.43. The van der Waals surface area contributed by atoms with Crippen molar-refractivity contribution in [3.05, 3.63) is 95.6 Å². The summed E-state index contributed by atoms with van der Waals surface area (Å²) in [6.07, 6.45) is 0.784. The molecule has 1 unspecified atom stereocenters. The molecule has 0 spiro atoms. The number of amides is 1. The number of hydrogen-bond acceptors (Lipinski definition) is 5. The first-order chi connectivity index (χ1) is 19.1. The third-order valence-electron chi connectivity index (χ3n) is 6.82. The van der Waals surface area contributed by atoms with Crippen LogP contribution >= 0.6 is 0 Å². The first-order valence-corrected chi connectivity index (χ1v) is 14.6. The minimum absolute atomic E-state index is 0.00133. The average molecular weight is 561 g/mol. The Balaban J connectivity index is 1.55. The van der Waals surface area contributed by atoms with Crippen molar-refractivity contribution in [2.75, 3.05) is 31.6 Å². The number of nitrogens with one attached hydrogen (secondary N) is 1. The Labute approximate surface area is 236 Å². The number of anilines is 1. The first kappa shape index (κ1) is 29.0. The van der Waals surface area contributed by atoms with Crippen molar-refractivity contribution in [2.24, 2.45) is 5.92 Å². The van der Waals surface area contributed by atoms with Crippen molar-refractivity contribution in [1.82, 2.24) is 5.32 Å². The van der Waals surface area contributed by atoms with Gasteiger partial charge in [-0.25, -0.2) is 8.42 Å². The first-order valence-electron chi connectivity index (χ1n) is 13.2. The Kier molecular flexibility index (Phi) is 9.00. The molecule has 40 heavy (non-hydrogen) atoms. The normalized spacial score (nSPS) is 12.1. The van der Waals surface area contributed by atoms with Gasteiger partial charge in [-0.2, -0.15) is 0 Å². The molecule has 0 aromatic heterocycles. The van der Waals surface area contributed by atoms with Gasteiger partial charge in [-0.05, 0) is 77.9 Å². The molecule has 4 aromatic carbocycles. The highest BCUT2D eigenvalue weighted by Gasteiger charge is 2.29. The van der Waals surface area contributed by atoms with E-state index in [9.17, 15) is 13.2 Å². The standard InChI is InChI=1S/C32H36N2O5S/c1-22-15-23(2)18-27(17-22)34(40(36,37)28-13-14-30(38-4)31(19-28)39-5)21-32(35)33-20-24(3)16-26-11-8-10-25-9-6-7-12-29(25)26/h6-15,17-19,24H,16,20-21H2,1-5H3,(H,33,35). The van der Waals surface area contributed by atoms with E-state index >= 15 is 0 Å². The molecule has 1 amide bonds. The number of carbonyl (C=O) groups excluding carboxylic acids is 1. The third-order valence-corrected chi connectivity index (χ3v) is 8.59. The van der Waals surface area contributed by atoms with E-state index in [0.29, 0.717) is 18.0 Å². The summed E-state index contributed by atoms with van der Waals surface area (Å²) in [7, 11) is -1.18. The highest BCUT2D eigenvalue weighted by molar-refractivity contribution is 7.92. The summed E-state index contributed by atoms with van der Waals surface area (Å²) < 4.78 is 39.6. The van der Waals surface area contributed by atoms with E-state index in [1.165, 1.54) is 42.7 Å². The molecule has 4 aromatic rings. The Morgan fingerprint density at radius 2 is 1.55 bits per heavy atom. The topological polar surface area (TPSA) is 84.9 Å². The number of nitrogens with zero attached hydrogens (tertiary/aromatic N) is 1. The number of carbonyl (C=O) groups is 1. The predicted octanol–water partition coefficient (Wildman–Crippen LogP) is 5.66. The lowest BCUT2D eigenvalue weighted by atomic mass is 9.96. The molecule has 7 nitrogen and oxygen atoms in total. The van der Waals surface area contributed by atoms with Gasteiger partial charge in [0.25, 0.3) is 10.0 Å². The van der Waals surface area contributed by atoms with Gasteiger partial charge >= 0.3 is 0 Å². The number of methoxy groups -OCH3 is 2. The van der Waals surface area contributed by atoms with E-state index < -0.39 is 10.0 Å². The number of fused-ring (bicyclic) bond motifs is 1. The maximum absolute atomic E-state index is 13.9. The highest BCUT2D eigenvalue weighted by Crippen LogP contribution is 2.32. The van der Waals surface area contributed by atoms with Crippen LogP contribution < -0.4 is 19.1 Å². The smallest absolute Gasteiger partial charge is 0.264 e. The zero-order chi connectivity index (χ0) is 28.9. The van der Waals surface area contributed by atoms with Gasteiger partial charge in [0.1, 0.15) is 6.54 Å². The summed E-state index contributed by atoms with van der Waals surface area (Å²) in [5.74, 6) is 0.466. The van der Waals surface area contributed by atoms with Gasteiger partial charge in [-0.1, -0.05) is 55.5 Å². The summed E-state index contributed by atoms with van der Waals surface area (Å²) in [5, 5.41) is 5.34. The second-order valence-corrected chi connectivity index (χ2v) is 12.0. The second kappa shape index (κ2) is 12.4. The molecule has 0 aliphatic heterocycles. The number of benzene rings is 4. The minimum atomic E-state index is -4.11. The lowest BCUT2D eigenvalue weighted by molar-refractivity contribution is -0.119. The molecule has 0 fully saturated rings. The lowest BCUT2D eigenvalue weighted by Crippen LogP contribution is -2.42. The Bertz CT molecular complexity index is 1590. The zero-order valence-electron chi connectivity index (χ0n) is 23.6. The van der Waals surface area contributed by atoms with Crippen LogP contribution in [0.2, 0.25) is 0 Å². The number of hydrogen-bond donors (Lipinski definition) is 1. The third kappa shape index (κ3) is 6.57. The number of sulfonamides is 1. The van der Waals surface area contributed by atoms with E-state index in [1.54, 1.807) is 18.2 Å². The van der Waals surface area contributed by atoms with Gasteiger partial charge < -0.3 is 14.8 Å². The quantitative estimate of drug-likeness (QED) is 0.256. The van der Waals surface area contributed by atoms with Crippen molar-refractivity contribution in [3.63, 3.8) is 0 Å². The molecule has 1 N–H and O–H groups in total.